The molecule has 0 aliphatic heterocycles. The summed E-state index contributed by atoms with van der Waals surface area (Å²) in [7, 11) is 0. The summed E-state index contributed by atoms with van der Waals surface area (Å²) in [5, 5.41) is 5.70. The molecule has 5 N–H and O–H groups in total. The maximum atomic E-state index is 12.0. The second-order valence-corrected chi connectivity index (χ2v) is 5.92. The molecule has 0 atom stereocenters. The average molecular weight is 377 g/mol. The lowest BCUT2D eigenvalue weighted by molar-refractivity contribution is -0.114. The van der Waals surface area contributed by atoms with E-state index < -0.39 is 11.2 Å². The number of rotatable bonds is 5. The fourth-order valence-corrected chi connectivity index (χ4v) is 2.61. The minimum Gasteiger partial charge on any atom is -0.361 e. The third-order valence-electron chi connectivity index (χ3n) is 3.91. The lowest BCUT2D eigenvalue weighted by Crippen LogP contribution is -2.22. The highest BCUT2D eigenvalue weighted by molar-refractivity contribution is 5.93. The molecule has 10 nitrogen and oxygen atoms in total. The summed E-state index contributed by atoms with van der Waals surface area (Å²) in [4.78, 5) is 50.9. The number of pyridine rings is 1. The van der Waals surface area contributed by atoms with Crippen molar-refractivity contribution in [2.75, 3.05) is 17.2 Å². The van der Waals surface area contributed by atoms with Gasteiger partial charge in [-0.3, -0.25) is 19.6 Å². The minimum absolute atomic E-state index is 0.0580. The minimum atomic E-state index is -0.623. The van der Waals surface area contributed by atoms with Crippen LogP contribution in [-0.4, -0.2) is 37.4 Å². The molecule has 1 amide bonds. The van der Waals surface area contributed by atoms with E-state index in [2.05, 4.69) is 35.6 Å². The predicted octanol–water partition coefficient (Wildman–Crippen LogP) is 1.05. The predicted molar refractivity (Wildman–Crippen MR) is 104 cm³/mol. The number of hydrogen-bond donors (Lipinski definition) is 5. The summed E-state index contributed by atoms with van der Waals surface area (Å²) in [6.45, 7) is 0.0580. The van der Waals surface area contributed by atoms with Gasteiger partial charge in [-0.25, -0.2) is 14.8 Å². The highest BCUT2D eigenvalue weighted by atomic mass is 16.2. The largest absolute Gasteiger partial charge is 0.361 e. The van der Waals surface area contributed by atoms with Gasteiger partial charge in [0.2, 0.25) is 5.91 Å². The third kappa shape index (κ3) is 3.65. The zero-order valence-electron chi connectivity index (χ0n) is 14.4. The molecule has 10 heteroatoms. The number of anilines is 2. The molecule has 140 valence electrons. The van der Waals surface area contributed by atoms with Gasteiger partial charge in [-0.2, -0.15) is 0 Å². The molecule has 28 heavy (non-hydrogen) atoms. The van der Waals surface area contributed by atoms with Gasteiger partial charge >= 0.3 is 5.69 Å². The molecule has 0 spiro atoms. The van der Waals surface area contributed by atoms with Gasteiger partial charge < -0.3 is 15.6 Å². The Morgan fingerprint density at radius 3 is 2.57 bits per heavy atom. The van der Waals surface area contributed by atoms with Crippen LogP contribution in [0.25, 0.3) is 22.6 Å². The van der Waals surface area contributed by atoms with Crippen LogP contribution in [0.4, 0.5) is 11.5 Å². The zero-order chi connectivity index (χ0) is 19.5. The lowest BCUT2D eigenvalue weighted by Gasteiger charge is -2.07. The average Bonchev–Trinajstić information content (AvgIpc) is 3.12. The molecule has 1 aromatic carbocycles. The van der Waals surface area contributed by atoms with Crippen molar-refractivity contribution in [3.63, 3.8) is 0 Å². The van der Waals surface area contributed by atoms with Crippen molar-refractivity contribution in [3.05, 3.63) is 69.5 Å². The van der Waals surface area contributed by atoms with Crippen molar-refractivity contribution in [2.45, 2.75) is 0 Å². The first-order chi connectivity index (χ1) is 13.6. The summed E-state index contributed by atoms with van der Waals surface area (Å²) in [6.07, 6.45) is 1.54. The summed E-state index contributed by atoms with van der Waals surface area (Å²) in [5.74, 6) is 0.704. The fourth-order valence-electron chi connectivity index (χ4n) is 2.61. The molecule has 4 rings (SSSR count). The number of H-pyrrole nitrogens is 3. The van der Waals surface area contributed by atoms with Crippen LogP contribution in [0.1, 0.15) is 0 Å². The van der Waals surface area contributed by atoms with E-state index in [4.69, 9.17) is 0 Å². The fraction of sp³-hybridized carbons (Fsp3) is 0.0556. The zero-order valence-corrected chi connectivity index (χ0v) is 14.4. The molecule has 3 heterocycles. The Balaban J connectivity index is 1.44. The van der Waals surface area contributed by atoms with Crippen LogP contribution in [0.2, 0.25) is 0 Å². The molecule has 0 fully saturated rings. The Labute approximate surface area is 157 Å². The Bertz CT molecular complexity index is 1240. The van der Waals surface area contributed by atoms with Crippen LogP contribution in [0.5, 0.6) is 0 Å². The van der Waals surface area contributed by atoms with Crippen molar-refractivity contribution in [3.8, 4) is 11.4 Å². The highest BCUT2D eigenvalue weighted by Gasteiger charge is 2.10. The first-order valence-electron chi connectivity index (χ1n) is 8.36. The van der Waals surface area contributed by atoms with Gasteiger partial charge in [0.05, 0.1) is 6.54 Å². The monoisotopic (exact) mass is 377 g/mol. The summed E-state index contributed by atoms with van der Waals surface area (Å²) in [5.41, 5.74) is 0.513. The molecule has 0 radical (unpaired) electrons. The van der Waals surface area contributed by atoms with Crippen molar-refractivity contribution >= 4 is 28.6 Å². The first kappa shape index (κ1) is 17.2. The molecule has 0 aliphatic carbocycles. The van der Waals surface area contributed by atoms with Crippen LogP contribution in [0, 0.1) is 0 Å². The number of nitrogens with one attached hydrogen (secondary N) is 5. The molecule has 4 aromatic rings. The molecule has 0 aliphatic rings. The number of nitrogens with zero attached hydrogens (tertiary/aromatic N) is 2. The van der Waals surface area contributed by atoms with Crippen molar-refractivity contribution in [1.29, 1.82) is 0 Å². The summed E-state index contributed by atoms with van der Waals surface area (Å²) in [6, 6.07) is 12.6. The Kier molecular flexibility index (Phi) is 4.42. The van der Waals surface area contributed by atoms with Crippen LogP contribution in [0.15, 0.2) is 58.3 Å². The molecular weight excluding hydrogens is 362 g/mol. The number of carbonyl (C=O) groups excluding carboxylic acids is 1. The topological polar surface area (TPSA) is 148 Å². The Hall–Kier alpha value is -4.21. The van der Waals surface area contributed by atoms with Gasteiger partial charge in [0.15, 0.2) is 5.65 Å². The van der Waals surface area contributed by atoms with Crippen LogP contribution in [0.3, 0.4) is 0 Å². The van der Waals surface area contributed by atoms with Gasteiger partial charge in [-0.15, -0.1) is 0 Å². The molecule has 0 saturated carbocycles. The van der Waals surface area contributed by atoms with E-state index >= 15 is 0 Å². The SMILES string of the molecule is O=C(CNc1ccc(-c2nc3[nH]c(=O)[nH]c(=O)c3[nH]2)cn1)Nc1ccccc1. The van der Waals surface area contributed by atoms with E-state index in [0.717, 1.165) is 5.69 Å². The highest BCUT2D eigenvalue weighted by Crippen LogP contribution is 2.17. The van der Waals surface area contributed by atoms with E-state index in [1.165, 1.54) is 0 Å². The number of benzene rings is 1. The lowest BCUT2D eigenvalue weighted by atomic mass is 10.2. The number of aromatic amines is 3. The van der Waals surface area contributed by atoms with Gasteiger partial charge in [0.25, 0.3) is 5.56 Å². The van der Waals surface area contributed by atoms with E-state index in [1.807, 2.05) is 18.2 Å². The van der Waals surface area contributed by atoms with Crippen molar-refractivity contribution < 1.29 is 4.79 Å². The normalized spacial score (nSPS) is 10.7. The molecule has 3 aromatic heterocycles. The summed E-state index contributed by atoms with van der Waals surface area (Å²) >= 11 is 0. The van der Waals surface area contributed by atoms with E-state index in [0.29, 0.717) is 17.2 Å². The second kappa shape index (κ2) is 7.19. The first-order valence-corrected chi connectivity index (χ1v) is 8.36. The second-order valence-electron chi connectivity index (χ2n) is 5.92. The maximum Gasteiger partial charge on any atom is 0.327 e. The number of fused-ring (bicyclic) bond motifs is 1. The van der Waals surface area contributed by atoms with Crippen LogP contribution >= 0.6 is 0 Å². The van der Waals surface area contributed by atoms with Crippen LogP contribution in [-0.2, 0) is 4.79 Å². The van der Waals surface area contributed by atoms with E-state index in [-0.39, 0.29) is 23.6 Å². The standard InChI is InChI=1S/C18H15N7O3/c26-13(21-11-4-2-1-3-5-11)9-20-12-7-6-10(8-19-12)15-22-14-16(23-15)24-18(28)25-17(14)27/h1-8H,9H2,(H,19,20)(H,21,26)(H3,22,23,24,25,27,28). The van der Waals surface area contributed by atoms with Gasteiger partial charge in [-0.05, 0) is 24.3 Å². The Morgan fingerprint density at radius 1 is 1.00 bits per heavy atom. The number of para-hydroxylation sites is 1. The molecule has 0 saturated heterocycles. The number of imidazole rings is 1. The van der Waals surface area contributed by atoms with Gasteiger partial charge in [-0.1, -0.05) is 18.2 Å². The van der Waals surface area contributed by atoms with Gasteiger partial charge in [0.1, 0.15) is 17.2 Å². The molecule has 0 bridgehead atoms. The molecule has 0 unspecified atom stereocenters. The van der Waals surface area contributed by atoms with E-state index in [1.54, 1.807) is 30.5 Å². The van der Waals surface area contributed by atoms with Crippen molar-refractivity contribution in [1.82, 2.24) is 24.9 Å². The smallest absolute Gasteiger partial charge is 0.327 e. The van der Waals surface area contributed by atoms with Gasteiger partial charge in [0, 0.05) is 17.4 Å². The summed E-state index contributed by atoms with van der Waals surface area (Å²) < 4.78 is 0. The number of carbonyl (C=O) groups is 1. The number of hydrogen-bond acceptors (Lipinski definition) is 6. The van der Waals surface area contributed by atoms with E-state index in [9.17, 15) is 14.4 Å². The molecular formula is C18H15N7O3. The number of aromatic nitrogens is 5. The van der Waals surface area contributed by atoms with Crippen LogP contribution < -0.4 is 21.9 Å². The van der Waals surface area contributed by atoms with Crippen molar-refractivity contribution in [2.24, 2.45) is 0 Å². The number of amides is 1. The maximum absolute atomic E-state index is 12.0. The Morgan fingerprint density at radius 2 is 1.82 bits per heavy atom. The quantitative estimate of drug-likeness (QED) is 0.351. The third-order valence-corrected chi connectivity index (χ3v) is 3.91.